The first kappa shape index (κ1) is 19.4. The van der Waals surface area contributed by atoms with Crippen LogP contribution < -0.4 is 10.2 Å². The van der Waals surface area contributed by atoms with Gasteiger partial charge in [-0.1, -0.05) is 6.07 Å². The molecule has 1 aliphatic heterocycles. The SMILES string of the molecule is Cc1ccc(NC(=O)C2(C(=O)N3CCN(c4ccc(F)cc4)CC3)CC2)cc1C. The van der Waals surface area contributed by atoms with Crippen molar-refractivity contribution >= 4 is 23.2 Å². The maximum atomic E-state index is 13.1. The van der Waals surface area contributed by atoms with Crippen molar-refractivity contribution in [1.82, 2.24) is 4.90 Å². The summed E-state index contributed by atoms with van der Waals surface area (Å²) in [5.41, 5.74) is 3.04. The van der Waals surface area contributed by atoms with Gasteiger partial charge < -0.3 is 15.1 Å². The highest BCUT2D eigenvalue weighted by Gasteiger charge is 2.58. The number of amides is 2. The van der Waals surface area contributed by atoms with Crippen LogP contribution >= 0.6 is 0 Å². The first-order valence-corrected chi connectivity index (χ1v) is 10.1. The Labute approximate surface area is 170 Å². The van der Waals surface area contributed by atoms with Crippen LogP contribution in [-0.4, -0.2) is 42.9 Å². The molecular formula is C23H26FN3O2. The van der Waals surface area contributed by atoms with Gasteiger partial charge in [0.1, 0.15) is 11.2 Å². The third-order valence-electron chi connectivity index (χ3n) is 6.12. The van der Waals surface area contributed by atoms with E-state index in [1.165, 1.54) is 17.7 Å². The number of halogens is 1. The van der Waals surface area contributed by atoms with Crippen LogP contribution in [0.2, 0.25) is 0 Å². The summed E-state index contributed by atoms with van der Waals surface area (Å²) in [6.07, 6.45) is 1.20. The number of nitrogens with one attached hydrogen (secondary N) is 1. The summed E-state index contributed by atoms with van der Waals surface area (Å²) in [6.45, 7) is 6.50. The monoisotopic (exact) mass is 395 g/mol. The van der Waals surface area contributed by atoms with Crippen molar-refractivity contribution in [3.05, 3.63) is 59.4 Å². The van der Waals surface area contributed by atoms with Gasteiger partial charge in [0.15, 0.2) is 0 Å². The van der Waals surface area contributed by atoms with Gasteiger partial charge in [0, 0.05) is 37.6 Å². The Morgan fingerprint density at radius 2 is 1.59 bits per heavy atom. The quantitative estimate of drug-likeness (QED) is 0.806. The Morgan fingerprint density at radius 1 is 0.931 bits per heavy atom. The second-order valence-electron chi connectivity index (χ2n) is 8.09. The molecule has 6 heteroatoms. The van der Waals surface area contributed by atoms with Crippen LogP contribution in [-0.2, 0) is 9.59 Å². The van der Waals surface area contributed by atoms with Crippen LogP contribution in [0.4, 0.5) is 15.8 Å². The molecule has 1 heterocycles. The molecule has 0 bridgehead atoms. The van der Waals surface area contributed by atoms with Crippen LogP contribution in [0.3, 0.4) is 0 Å². The molecule has 2 amide bonds. The predicted octanol–water partition coefficient (Wildman–Crippen LogP) is 3.51. The molecule has 0 atom stereocenters. The Kier molecular flexibility index (Phi) is 5.03. The molecule has 0 unspecified atom stereocenters. The van der Waals surface area contributed by atoms with Crippen molar-refractivity contribution in [3.63, 3.8) is 0 Å². The second kappa shape index (κ2) is 7.50. The largest absolute Gasteiger partial charge is 0.368 e. The maximum Gasteiger partial charge on any atom is 0.240 e. The van der Waals surface area contributed by atoms with Crippen molar-refractivity contribution in [1.29, 1.82) is 0 Å². The van der Waals surface area contributed by atoms with Gasteiger partial charge in [0.2, 0.25) is 11.8 Å². The van der Waals surface area contributed by atoms with Crippen LogP contribution in [0.25, 0.3) is 0 Å². The Bertz CT molecular complexity index is 930. The Balaban J connectivity index is 1.38. The van der Waals surface area contributed by atoms with E-state index < -0.39 is 5.41 Å². The average molecular weight is 395 g/mol. The molecule has 1 saturated carbocycles. The fraction of sp³-hybridized carbons (Fsp3) is 0.391. The van der Waals surface area contributed by atoms with Crippen molar-refractivity contribution < 1.29 is 14.0 Å². The molecule has 0 spiro atoms. The normalized spacial score (nSPS) is 17.8. The number of hydrogen-bond acceptors (Lipinski definition) is 3. The number of anilines is 2. The van der Waals surface area contributed by atoms with Crippen molar-refractivity contribution in [2.75, 3.05) is 36.4 Å². The molecule has 0 radical (unpaired) electrons. The molecule has 1 aliphatic carbocycles. The third kappa shape index (κ3) is 3.84. The zero-order chi connectivity index (χ0) is 20.6. The van der Waals surface area contributed by atoms with E-state index in [9.17, 15) is 14.0 Å². The van der Waals surface area contributed by atoms with Gasteiger partial charge in [-0.05, 0) is 74.2 Å². The summed E-state index contributed by atoms with van der Waals surface area (Å²) in [6, 6.07) is 12.2. The van der Waals surface area contributed by atoms with Crippen LogP contribution in [0, 0.1) is 25.1 Å². The second-order valence-corrected chi connectivity index (χ2v) is 8.09. The van der Waals surface area contributed by atoms with Gasteiger partial charge in [0.05, 0.1) is 0 Å². The van der Waals surface area contributed by atoms with E-state index in [1.54, 1.807) is 17.0 Å². The highest BCUT2D eigenvalue weighted by Crippen LogP contribution is 2.48. The van der Waals surface area contributed by atoms with Gasteiger partial charge in [0.25, 0.3) is 0 Å². The lowest BCUT2D eigenvalue weighted by Gasteiger charge is -2.37. The van der Waals surface area contributed by atoms with Gasteiger partial charge in [-0.2, -0.15) is 0 Å². The van der Waals surface area contributed by atoms with Crippen molar-refractivity contribution in [2.24, 2.45) is 5.41 Å². The van der Waals surface area contributed by atoms with Crippen LogP contribution in [0.5, 0.6) is 0 Å². The lowest BCUT2D eigenvalue weighted by Crippen LogP contribution is -2.52. The minimum atomic E-state index is -0.920. The van der Waals surface area contributed by atoms with Gasteiger partial charge in [-0.3, -0.25) is 9.59 Å². The number of hydrogen-bond donors (Lipinski definition) is 1. The van der Waals surface area contributed by atoms with E-state index in [2.05, 4.69) is 10.2 Å². The molecule has 2 aliphatic rings. The Hall–Kier alpha value is -2.89. The highest BCUT2D eigenvalue weighted by molar-refractivity contribution is 6.13. The summed E-state index contributed by atoms with van der Waals surface area (Å²) < 4.78 is 13.1. The van der Waals surface area contributed by atoms with E-state index in [0.717, 1.165) is 16.9 Å². The molecule has 1 N–H and O–H groups in total. The lowest BCUT2D eigenvalue weighted by molar-refractivity contribution is -0.142. The molecule has 2 aromatic rings. The summed E-state index contributed by atoms with van der Waals surface area (Å²) >= 11 is 0. The molecule has 4 rings (SSSR count). The molecule has 29 heavy (non-hydrogen) atoms. The molecule has 1 saturated heterocycles. The van der Waals surface area contributed by atoms with Gasteiger partial charge >= 0.3 is 0 Å². The van der Waals surface area contributed by atoms with Gasteiger partial charge in [-0.25, -0.2) is 4.39 Å². The fourth-order valence-electron chi connectivity index (χ4n) is 3.86. The minimum Gasteiger partial charge on any atom is -0.368 e. The highest BCUT2D eigenvalue weighted by atomic mass is 19.1. The number of benzene rings is 2. The number of carbonyl (C=O) groups is 2. The number of piperazine rings is 1. The third-order valence-corrected chi connectivity index (χ3v) is 6.12. The average Bonchev–Trinajstić information content (AvgIpc) is 3.53. The van der Waals surface area contributed by atoms with Gasteiger partial charge in [-0.15, -0.1) is 0 Å². The maximum absolute atomic E-state index is 13.1. The zero-order valence-corrected chi connectivity index (χ0v) is 16.9. The molecule has 2 aromatic carbocycles. The fourth-order valence-corrected chi connectivity index (χ4v) is 3.86. The molecule has 152 valence electrons. The smallest absolute Gasteiger partial charge is 0.240 e. The number of nitrogens with zero attached hydrogens (tertiary/aromatic N) is 2. The van der Waals surface area contributed by atoms with E-state index in [4.69, 9.17) is 0 Å². The molecule has 2 fully saturated rings. The summed E-state index contributed by atoms with van der Waals surface area (Å²) in [5.74, 6) is -0.530. The van der Waals surface area contributed by atoms with Crippen molar-refractivity contribution in [3.8, 4) is 0 Å². The van der Waals surface area contributed by atoms with E-state index in [1.807, 2.05) is 32.0 Å². The molecule has 0 aromatic heterocycles. The van der Waals surface area contributed by atoms with Crippen LogP contribution in [0.15, 0.2) is 42.5 Å². The zero-order valence-electron chi connectivity index (χ0n) is 16.9. The first-order chi connectivity index (χ1) is 13.9. The number of rotatable bonds is 4. The topological polar surface area (TPSA) is 52.7 Å². The number of aryl methyl sites for hydroxylation is 2. The Morgan fingerprint density at radius 3 is 2.17 bits per heavy atom. The molecule has 5 nitrogen and oxygen atoms in total. The first-order valence-electron chi connectivity index (χ1n) is 10.1. The summed E-state index contributed by atoms with van der Waals surface area (Å²) in [4.78, 5) is 29.9. The predicted molar refractivity (Wildman–Crippen MR) is 111 cm³/mol. The standard InChI is InChI=1S/C23H26FN3O2/c1-16-3-6-19(15-17(16)2)25-21(28)23(9-10-23)22(29)27-13-11-26(12-14-27)20-7-4-18(24)5-8-20/h3-8,15H,9-14H2,1-2H3,(H,25,28). The van der Waals surface area contributed by atoms with E-state index in [0.29, 0.717) is 39.0 Å². The number of carbonyl (C=O) groups excluding carboxylic acids is 2. The summed E-state index contributed by atoms with van der Waals surface area (Å²) in [5, 5.41) is 2.94. The van der Waals surface area contributed by atoms with Crippen molar-refractivity contribution in [2.45, 2.75) is 26.7 Å². The lowest BCUT2D eigenvalue weighted by atomic mass is 10.0. The van der Waals surface area contributed by atoms with E-state index in [-0.39, 0.29) is 17.6 Å². The van der Waals surface area contributed by atoms with Crippen LogP contribution in [0.1, 0.15) is 24.0 Å². The minimum absolute atomic E-state index is 0.0717. The summed E-state index contributed by atoms with van der Waals surface area (Å²) in [7, 11) is 0. The van der Waals surface area contributed by atoms with E-state index >= 15 is 0 Å². The molecular weight excluding hydrogens is 369 g/mol.